The molecule has 0 saturated heterocycles. The number of imidazole rings is 3. The number of hydrogen-bond acceptors (Lipinski definition) is 0. The first-order chi connectivity index (χ1) is 14.3. The van der Waals surface area contributed by atoms with Crippen LogP contribution in [0.1, 0.15) is 33.4 Å². The molecule has 0 spiro atoms. The Labute approximate surface area is 178 Å². The van der Waals surface area contributed by atoms with E-state index in [1.807, 2.05) is 0 Å². The van der Waals surface area contributed by atoms with Crippen molar-refractivity contribution >= 4 is 0 Å². The van der Waals surface area contributed by atoms with Crippen LogP contribution in [0, 0.1) is 20.8 Å². The highest BCUT2D eigenvalue weighted by Crippen LogP contribution is 2.29. The lowest BCUT2D eigenvalue weighted by molar-refractivity contribution is -0.671. The van der Waals surface area contributed by atoms with E-state index in [2.05, 4.69) is 125 Å². The Hall–Kier alpha value is -3.15. The van der Waals surface area contributed by atoms with Crippen molar-refractivity contribution < 1.29 is 13.7 Å². The summed E-state index contributed by atoms with van der Waals surface area (Å²) in [5.41, 5.74) is 8.48. The highest BCUT2D eigenvalue weighted by molar-refractivity contribution is 5.51. The molecule has 0 aliphatic rings. The summed E-state index contributed by atoms with van der Waals surface area (Å²) in [6.45, 7) is 9.53. The number of nitrogens with zero attached hydrogens (tertiary/aromatic N) is 6. The van der Waals surface area contributed by atoms with Crippen molar-refractivity contribution in [2.75, 3.05) is 0 Å². The van der Waals surface area contributed by atoms with Gasteiger partial charge in [-0.25, -0.2) is 27.4 Å². The summed E-state index contributed by atoms with van der Waals surface area (Å²) in [4.78, 5) is 0. The largest absolute Gasteiger partial charge is 0.243 e. The zero-order valence-electron chi connectivity index (χ0n) is 19.0. The minimum absolute atomic E-state index is 0.887. The summed E-state index contributed by atoms with van der Waals surface area (Å²) < 4.78 is 13.1. The van der Waals surface area contributed by atoms with Gasteiger partial charge < -0.3 is 0 Å². The molecule has 0 atom stereocenters. The second-order valence-electron chi connectivity index (χ2n) is 8.56. The van der Waals surface area contributed by atoms with E-state index in [0.717, 1.165) is 19.6 Å². The number of rotatable bonds is 6. The fourth-order valence-corrected chi connectivity index (χ4v) is 4.44. The predicted molar refractivity (Wildman–Crippen MR) is 115 cm³/mol. The van der Waals surface area contributed by atoms with E-state index in [-0.39, 0.29) is 0 Å². The van der Waals surface area contributed by atoms with Crippen LogP contribution < -0.4 is 13.7 Å². The monoisotopic (exact) mass is 405 g/mol. The molecule has 0 saturated carbocycles. The second-order valence-corrected chi connectivity index (χ2v) is 8.56. The summed E-state index contributed by atoms with van der Waals surface area (Å²) in [6, 6.07) is 0. The van der Waals surface area contributed by atoms with Crippen LogP contribution in [0.2, 0.25) is 0 Å². The highest BCUT2D eigenvalue weighted by atomic mass is 15.1. The minimum Gasteiger partial charge on any atom is -0.240 e. The quantitative estimate of drug-likeness (QED) is 0.436. The van der Waals surface area contributed by atoms with Crippen molar-refractivity contribution in [3.63, 3.8) is 0 Å². The van der Waals surface area contributed by atoms with Gasteiger partial charge in [-0.2, -0.15) is 0 Å². The summed E-state index contributed by atoms with van der Waals surface area (Å²) in [5.74, 6) is 0. The van der Waals surface area contributed by atoms with E-state index in [4.69, 9.17) is 0 Å². The van der Waals surface area contributed by atoms with Gasteiger partial charge in [-0.3, -0.25) is 0 Å². The van der Waals surface area contributed by atoms with Gasteiger partial charge in [0.1, 0.15) is 56.8 Å². The summed E-state index contributed by atoms with van der Waals surface area (Å²) >= 11 is 0. The van der Waals surface area contributed by atoms with E-state index in [0.29, 0.717) is 0 Å². The Balaban J connectivity index is 1.82. The van der Waals surface area contributed by atoms with Crippen molar-refractivity contribution in [2.45, 2.75) is 40.4 Å². The maximum Gasteiger partial charge on any atom is 0.243 e. The Morgan fingerprint density at radius 3 is 1.00 bits per heavy atom. The van der Waals surface area contributed by atoms with Gasteiger partial charge in [0.2, 0.25) is 19.0 Å². The summed E-state index contributed by atoms with van der Waals surface area (Å²) in [7, 11) is 6.21. The van der Waals surface area contributed by atoms with Crippen LogP contribution in [0.15, 0.2) is 56.2 Å². The average molecular weight is 406 g/mol. The highest BCUT2D eigenvalue weighted by Gasteiger charge is 2.21. The number of aromatic nitrogens is 6. The van der Waals surface area contributed by atoms with Gasteiger partial charge in [-0.1, -0.05) is 0 Å². The molecular weight excluding hydrogens is 372 g/mol. The first kappa shape index (κ1) is 20.1. The van der Waals surface area contributed by atoms with Gasteiger partial charge in [0.25, 0.3) is 0 Å². The lowest BCUT2D eigenvalue weighted by atomic mass is 9.87. The molecule has 3 heterocycles. The maximum absolute atomic E-state index is 2.29. The van der Waals surface area contributed by atoms with Gasteiger partial charge >= 0.3 is 0 Å². The van der Waals surface area contributed by atoms with Crippen LogP contribution in [0.5, 0.6) is 0 Å². The van der Waals surface area contributed by atoms with E-state index >= 15 is 0 Å². The minimum atomic E-state index is 0.887. The third-order valence-corrected chi connectivity index (χ3v) is 6.21. The summed E-state index contributed by atoms with van der Waals surface area (Å²) in [5, 5.41) is 0. The average Bonchev–Trinajstić information content (AvgIpc) is 3.42. The first-order valence-electron chi connectivity index (χ1n) is 10.4. The first-order valence-corrected chi connectivity index (χ1v) is 10.4. The van der Waals surface area contributed by atoms with E-state index < -0.39 is 0 Å². The molecule has 0 aliphatic heterocycles. The van der Waals surface area contributed by atoms with Crippen molar-refractivity contribution in [1.29, 1.82) is 0 Å². The van der Waals surface area contributed by atoms with E-state index in [1.165, 1.54) is 33.4 Å². The normalized spacial score (nSPS) is 11.4. The lowest BCUT2D eigenvalue weighted by Crippen LogP contribution is -2.24. The topological polar surface area (TPSA) is 26.4 Å². The molecule has 0 radical (unpaired) electrons. The third kappa shape index (κ3) is 3.95. The number of hydrogen-bond donors (Lipinski definition) is 0. The molecule has 0 N–H and O–H groups in total. The van der Waals surface area contributed by atoms with Gasteiger partial charge in [-0.05, 0) is 37.5 Å². The van der Waals surface area contributed by atoms with Crippen molar-refractivity contribution in [1.82, 2.24) is 13.7 Å². The molecule has 4 aromatic rings. The van der Waals surface area contributed by atoms with Crippen LogP contribution >= 0.6 is 0 Å². The van der Waals surface area contributed by atoms with Gasteiger partial charge in [0.05, 0.1) is 21.1 Å². The predicted octanol–water partition coefficient (Wildman–Crippen LogP) is 1.63. The smallest absolute Gasteiger partial charge is 0.240 e. The van der Waals surface area contributed by atoms with Crippen molar-refractivity contribution in [3.8, 4) is 0 Å². The molecule has 0 fully saturated rings. The molecule has 3 aromatic heterocycles. The van der Waals surface area contributed by atoms with E-state index in [9.17, 15) is 0 Å². The molecule has 156 valence electrons. The zero-order chi connectivity index (χ0) is 21.4. The molecule has 4 rings (SSSR count). The molecule has 30 heavy (non-hydrogen) atoms. The third-order valence-electron chi connectivity index (χ3n) is 6.21. The Kier molecular flexibility index (Phi) is 5.33. The standard InChI is InChI=1S/C24H33N6/c1-19-22(13-28-10-7-25(4)16-28)20(2)24(15-30-12-9-27(6)18-30)21(3)23(19)14-29-11-8-26(5)17-29/h7-12,16-18H,13-15H2,1-6H3/q+3. The number of aryl methyl sites for hydroxylation is 3. The van der Waals surface area contributed by atoms with E-state index in [1.54, 1.807) is 0 Å². The molecule has 0 amide bonds. The summed E-state index contributed by atoms with van der Waals surface area (Å²) in [6.07, 6.45) is 19.2. The molecule has 0 bridgehead atoms. The second kappa shape index (κ2) is 7.94. The van der Waals surface area contributed by atoms with Crippen LogP contribution in [-0.4, -0.2) is 13.7 Å². The Morgan fingerprint density at radius 2 is 0.800 bits per heavy atom. The molecule has 1 aromatic carbocycles. The lowest BCUT2D eigenvalue weighted by Gasteiger charge is -2.20. The fourth-order valence-electron chi connectivity index (χ4n) is 4.44. The molecular formula is C24H33N6+3. The van der Waals surface area contributed by atoms with Gasteiger partial charge in [-0.15, -0.1) is 0 Å². The van der Waals surface area contributed by atoms with Crippen LogP contribution in [0.3, 0.4) is 0 Å². The van der Waals surface area contributed by atoms with Crippen molar-refractivity contribution in [3.05, 3.63) is 89.5 Å². The SMILES string of the molecule is Cc1c(Cn2cc[n+](C)c2)c(C)c(Cn2cc[n+](C)c2)c(C)c1Cn1cc[n+](C)c1. The van der Waals surface area contributed by atoms with Crippen LogP contribution in [-0.2, 0) is 40.8 Å². The molecule has 6 heteroatoms. The molecule has 6 nitrogen and oxygen atoms in total. The van der Waals surface area contributed by atoms with Gasteiger partial charge in [0.15, 0.2) is 0 Å². The van der Waals surface area contributed by atoms with Gasteiger partial charge in [0, 0.05) is 16.7 Å². The fraction of sp³-hybridized carbons (Fsp3) is 0.375. The Morgan fingerprint density at radius 1 is 0.533 bits per heavy atom. The Bertz CT molecular complexity index is 1020. The molecule has 0 unspecified atom stereocenters. The maximum atomic E-state index is 2.29. The molecule has 0 aliphatic carbocycles. The van der Waals surface area contributed by atoms with Crippen LogP contribution in [0.4, 0.5) is 0 Å². The van der Waals surface area contributed by atoms with Crippen molar-refractivity contribution in [2.24, 2.45) is 21.1 Å². The number of benzene rings is 1. The zero-order valence-corrected chi connectivity index (χ0v) is 19.0. The van der Waals surface area contributed by atoms with Crippen LogP contribution in [0.25, 0.3) is 0 Å².